The molecule has 0 atom stereocenters. The third-order valence-corrected chi connectivity index (χ3v) is 3.25. The summed E-state index contributed by atoms with van der Waals surface area (Å²) in [7, 11) is 0. The van der Waals surface area contributed by atoms with Gasteiger partial charge >= 0.3 is 0 Å². The van der Waals surface area contributed by atoms with Crippen LogP contribution in [0, 0.1) is 12.0 Å². The van der Waals surface area contributed by atoms with Crippen molar-refractivity contribution in [2.45, 2.75) is 44.9 Å². The van der Waals surface area contributed by atoms with E-state index >= 15 is 0 Å². The van der Waals surface area contributed by atoms with E-state index in [1.807, 2.05) is 0 Å². The van der Waals surface area contributed by atoms with Crippen molar-refractivity contribution in [3.05, 3.63) is 6.54 Å². The fourth-order valence-electron chi connectivity index (χ4n) is 2.55. The van der Waals surface area contributed by atoms with E-state index in [0.29, 0.717) is 5.41 Å². The molecule has 0 aromatic heterocycles. The second kappa shape index (κ2) is 3.14. The maximum atomic E-state index is 3.42. The molecule has 2 fully saturated rings. The summed E-state index contributed by atoms with van der Waals surface area (Å²) < 4.78 is 0. The van der Waals surface area contributed by atoms with Crippen LogP contribution < -0.4 is 5.32 Å². The summed E-state index contributed by atoms with van der Waals surface area (Å²) in [5.41, 5.74) is 0.622. The molecule has 1 radical (unpaired) electrons. The Kier molecular flexibility index (Phi) is 2.17. The van der Waals surface area contributed by atoms with Gasteiger partial charge in [-0.05, 0) is 37.6 Å². The minimum atomic E-state index is 0.622. The summed E-state index contributed by atoms with van der Waals surface area (Å²) in [6, 6.07) is 0. The highest BCUT2D eigenvalue weighted by atomic mass is 14.9. The molecule has 1 heterocycles. The number of nitrogens with one attached hydrogen (secondary N) is 1. The predicted molar refractivity (Wildman–Crippen MR) is 47.1 cm³/mol. The van der Waals surface area contributed by atoms with Crippen molar-refractivity contribution < 1.29 is 0 Å². The van der Waals surface area contributed by atoms with Crippen molar-refractivity contribution in [2.24, 2.45) is 5.41 Å². The zero-order valence-electron chi connectivity index (χ0n) is 7.23. The second-order valence-corrected chi connectivity index (χ2v) is 4.13. The lowest BCUT2D eigenvalue weighted by molar-refractivity contribution is 0.178. The predicted octanol–water partition coefficient (Wildman–Crippen LogP) is 2.48. The first-order valence-corrected chi connectivity index (χ1v) is 4.99. The first kappa shape index (κ1) is 7.60. The highest BCUT2D eigenvalue weighted by molar-refractivity contribution is 4.95. The van der Waals surface area contributed by atoms with Crippen molar-refractivity contribution >= 4 is 0 Å². The van der Waals surface area contributed by atoms with Crippen LogP contribution >= 0.6 is 0 Å². The molecule has 0 aromatic carbocycles. The van der Waals surface area contributed by atoms with Gasteiger partial charge in [0.2, 0.25) is 0 Å². The van der Waals surface area contributed by atoms with Crippen LogP contribution in [0.1, 0.15) is 44.9 Å². The highest BCUT2D eigenvalue weighted by Gasteiger charge is 2.33. The SMILES string of the molecule is [CH]1NCCCC12CCCCC2. The molecule has 2 aliphatic rings. The van der Waals surface area contributed by atoms with Crippen LogP contribution in [0.5, 0.6) is 0 Å². The van der Waals surface area contributed by atoms with Gasteiger partial charge in [0, 0.05) is 6.54 Å². The molecule has 1 N–H and O–H groups in total. The number of hydrogen-bond acceptors (Lipinski definition) is 1. The molecule has 0 amide bonds. The zero-order valence-corrected chi connectivity index (χ0v) is 7.23. The van der Waals surface area contributed by atoms with Gasteiger partial charge < -0.3 is 5.32 Å². The average Bonchev–Trinajstić information content (AvgIpc) is 2.07. The Bertz CT molecular complexity index is 99.3. The van der Waals surface area contributed by atoms with E-state index in [4.69, 9.17) is 0 Å². The molecule has 0 unspecified atom stereocenters. The van der Waals surface area contributed by atoms with Crippen molar-refractivity contribution in [1.82, 2.24) is 5.32 Å². The first-order chi connectivity index (χ1) is 5.41. The van der Waals surface area contributed by atoms with Crippen LogP contribution in [0.25, 0.3) is 0 Å². The third kappa shape index (κ3) is 1.58. The monoisotopic (exact) mass is 152 g/mol. The molecular weight excluding hydrogens is 134 g/mol. The van der Waals surface area contributed by atoms with E-state index in [9.17, 15) is 0 Å². The number of piperidine rings is 1. The van der Waals surface area contributed by atoms with Gasteiger partial charge in [0.15, 0.2) is 0 Å². The summed E-state index contributed by atoms with van der Waals surface area (Å²) in [5.74, 6) is 0. The van der Waals surface area contributed by atoms with E-state index in [2.05, 4.69) is 11.9 Å². The maximum absolute atomic E-state index is 3.42. The van der Waals surface area contributed by atoms with Gasteiger partial charge in [-0.2, -0.15) is 0 Å². The van der Waals surface area contributed by atoms with Gasteiger partial charge in [-0.3, -0.25) is 0 Å². The van der Waals surface area contributed by atoms with Gasteiger partial charge in [0.25, 0.3) is 0 Å². The number of hydrogen-bond donors (Lipinski definition) is 1. The Labute approximate surface area is 69.6 Å². The molecule has 63 valence electrons. The lowest BCUT2D eigenvalue weighted by atomic mass is 9.70. The minimum absolute atomic E-state index is 0.622. The van der Waals surface area contributed by atoms with Crippen LogP contribution in [-0.2, 0) is 0 Å². The standard InChI is InChI=1S/C10H18N/c1-2-5-10(6-3-1)7-4-8-11-9-10/h9,11H,1-8H2. The topological polar surface area (TPSA) is 12.0 Å². The van der Waals surface area contributed by atoms with E-state index in [-0.39, 0.29) is 0 Å². The lowest BCUT2D eigenvalue weighted by Gasteiger charge is -2.40. The molecule has 1 aliphatic carbocycles. The fraction of sp³-hybridized carbons (Fsp3) is 0.900. The zero-order chi connectivity index (χ0) is 7.57. The molecule has 1 nitrogen and oxygen atoms in total. The normalized spacial score (nSPS) is 30.5. The second-order valence-electron chi connectivity index (χ2n) is 4.13. The Morgan fingerprint density at radius 1 is 0.909 bits per heavy atom. The molecule has 0 aromatic rings. The maximum Gasteiger partial charge on any atom is 0.0282 e. The quantitative estimate of drug-likeness (QED) is 0.562. The molecule has 1 saturated carbocycles. The fourth-order valence-corrected chi connectivity index (χ4v) is 2.55. The summed E-state index contributed by atoms with van der Waals surface area (Å²) in [6.45, 7) is 3.61. The average molecular weight is 152 g/mol. The van der Waals surface area contributed by atoms with E-state index in [1.165, 1.54) is 51.5 Å². The van der Waals surface area contributed by atoms with Gasteiger partial charge in [-0.1, -0.05) is 19.3 Å². The lowest BCUT2D eigenvalue weighted by Crippen LogP contribution is -2.36. The van der Waals surface area contributed by atoms with Gasteiger partial charge in [-0.25, -0.2) is 0 Å². The summed E-state index contributed by atoms with van der Waals surface area (Å²) >= 11 is 0. The first-order valence-electron chi connectivity index (χ1n) is 4.99. The van der Waals surface area contributed by atoms with Gasteiger partial charge in [-0.15, -0.1) is 0 Å². The van der Waals surface area contributed by atoms with Crippen LogP contribution in [0.15, 0.2) is 0 Å². The smallest absolute Gasteiger partial charge is 0.0282 e. The summed E-state index contributed by atoms with van der Waals surface area (Å²) in [6.07, 6.45) is 10.1. The highest BCUT2D eigenvalue weighted by Crippen LogP contribution is 2.42. The van der Waals surface area contributed by atoms with Crippen molar-refractivity contribution in [1.29, 1.82) is 0 Å². The van der Waals surface area contributed by atoms with E-state index < -0.39 is 0 Å². The molecule has 1 aliphatic heterocycles. The Morgan fingerprint density at radius 3 is 2.27 bits per heavy atom. The van der Waals surface area contributed by atoms with E-state index in [0.717, 1.165) is 0 Å². The van der Waals surface area contributed by atoms with Crippen LogP contribution in [0.2, 0.25) is 0 Å². The molecule has 1 heteroatoms. The van der Waals surface area contributed by atoms with Crippen LogP contribution in [-0.4, -0.2) is 6.54 Å². The minimum Gasteiger partial charge on any atom is -0.312 e. The van der Waals surface area contributed by atoms with Gasteiger partial charge in [0.1, 0.15) is 0 Å². The Hall–Kier alpha value is -0.0400. The van der Waals surface area contributed by atoms with Crippen molar-refractivity contribution in [3.8, 4) is 0 Å². The molecule has 1 spiro atoms. The molecular formula is C10H18N. The molecule has 0 bridgehead atoms. The third-order valence-electron chi connectivity index (χ3n) is 3.25. The summed E-state index contributed by atoms with van der Waals surface area (Å²) in [4.78, 5) is 0. The van der Waals surface area contributed by atoms with Crippen LogP contribution in [0.4, 0.5) is 0 Å². The van der Waals surface area contributed by atoms with E-state index in [1.54, 1.807) is 0 Å². The largest absolute Gasteiger partial charge is 0.312 e. The van der Waals surface area contributed by atoms with Gasteiger partial charge in [0.05, 0.1) is 0 Å². The molecule has 2 rings (SSSR count). The Morgan fingerprint density at radius 2 is 1.64 bits per heavy atom. The number of rotatable bonds is 0. The summed E-state index contributed by atoms with van der Waals surface area (Å²) in [5, 5.41) is 3.42. The molecule has 11 heavy (non-hydrogen) atoms. The van der Waals surface area contributed by atoms with Crippen molar-refractivity contribution in [3.63, 3.8) is 0 Å². The Balaban J connectivity index is 1.94. The van der Waals surface area contributed by atoms with Crippen LogP contribution in [0.3, 0.4) is 0 Å². The van der Waals surface area contributed by atoms with Crippen molar-refractivity contribution in [2.75, 3.05) is 6.54 Å². The molecule has 1 saturated heterocycles.